The summed E-state index contributed by atoms with van der Waals surface area (Å²) in [4.78, 5) is 11.9. The van der Waals surface area contributed by atoms with E-state index in [0.717, 1.165) is 5.57 Å². The van der Waals surface area contributed by atoms with Crippen molar-refractivity contribution < 1.29 is 17.9 Å². The first-order valence-corrected chi connectivity index (χ1v) is 8.28. The summed E-state index contributed by atoms with van der Waals surface area (Å²) in [7, 11) is -3.24. The minimum Gasteiger partial charge on any atom is -0.381 e. The van der Waals surface area contributed by atoms with Gasteiger partial charge >= 0.3 is 0 Å². The van der Waals surface area contributed by atoms with Gasteiger partial charge in [-0.2, -0.15) is 0 Å². The highest BCUT2D eigenvalue weighted by Crippen LogP contribution is 2.28. The molecule has 0 atom stereocenters. The van der Waals surface area contributed by atoms with Crippen LogP contribution in [0.2, 0.25) is 0 Å². The molecule has 5 nitrogen and oxygen atoms in total. The highest BCUT2D eigenvalue weighted by Gasteiger charge is 2.42. The second-order valence-corrected chi connectivity index (χ2v) is 7.79. The summed E-state index contributed by atoms with van der Waals surface area (Å²) < 4.78 is 28.4. The van der Waals surface area contributed by atoms with Gasteiger partial charge in [-0.1, -0.05) is 5.57 Å². The summed E-state index contributed by atoms with van der Waals surface area (Å²) in [6.45, 7) is 6.45. The number of carbonyl (C=O) groups excluding carboxylic acids is 1. The quantitative estimate of drug-likeness (QED) is 0.785. The van der Waals surface area contributed by atoms with E-state index < -0.39 is 14.6 Å². The fourth-order valence-corrected chi connectivity index (χ4v) is 3.27. The third-order valence-electron chi connectivity index (χ3n) is 3.85. The Hall–Kier alpha value is -0.880. The molecule has 1 saturated heterocycles. The summed E-state index contributed by atoms with van der Waals surface area (Å²) >= 11 is 0. The molecule has 1 rings (SSSR count). The first kappa shape index (κ1) is 16.2. The van der Waals surface area contributed by atoms with Crippen molar-refractivity contribution >= 4 is 15.7 Å². The number of hydrogen-bond acceptors (Lipinski definition) is 4. The molecular weight excluding hydrogens is 266 g/mol. The lowest BCUT2D eigenvalue weighted by molar-refractivity contribution is -0.117. The second-order valence-electron chi connectivity index (χ2n) is 5.38. The number of rotatable bonds is 4. The SMILES string of the molecule is CC(C)=C(C)C(=O)NCC1(S(C)(=O)=O)CCOCC1. The molecule has 1 aliphatic heterocycles. The number of sulfone groups is 1. The molecule has 0 bridgehead atoms. The van der Waals surface area contributed by atoms with Crippen LogP contribution in [0, 0.1) is 0 Å². The van der Waals surface area contributed by atoms with E-state index in [1.807, 2.05) is 13.8 Å². The number of carbonyl (C=O) groups is 1. The van der Waals surface area contributed by atoms with Crippen LogP contribution in [-0.2, 0) is 19.4 Å². The zero-order valence-corrected chi connectivity index (χ0v) is 12.9. The predicted octanol–water partition coefficient (Wildman–Crippen LogP) is 1.05. The molecule has 1 N–H and O–H groups in total. The zero-order valence-electron chi connectivity index (χ0n) is 12.1. The lowest BCUT2D eigenvalue weighted by Crippen LogP contribution is -2.51. The molecule has 0 aromatic carbocycles. The Morgan fingerprint density at radius 3 is 2.16 bits per heavy atom. The van der Waals surface area contributed by atoms with Gasteiger partial charge in [-0.3, -0.25) is 4.79 Å². The fourth-order valence-electron chi connectivity index (χ4n) is 2.02. The number of ether oxygens (including phenoxy) is 1. The molecule has 0 spiro atoms. The molecule has 1 fully saturated rings. The molecule has 6 heteroatoms. The monoisotopic (exact) mass is 289 g/mol. The summed E-state index contributed by atoms with van der Waals surface area (Å²) in [5, 5.41) is 2.75. The molecule has 110 valence electrons. The van der Waals surface area contributed by atoms with Crippen LogP contribution in [0.5, 0.6) is 0 Å². The van der Waals surface area contributed by atoms with E-state index in [1.54, 1.807) is 6.92 Å². The van der Waals surface area contributed by atoms with Crippen LogP contribution >= 0.6 is 0 Å². The fraction of sp³-hybridized carbons (Fsp3) is 0.769. The topological polar surface area (TPSA) is 72.5 Å². The summed E-state index contributed by atoms with van der Waals surface area (Å²) in [6.07, 6.45) is 2.10. The largest absolute Gasteiger partial charge is 0.381 e. The van der Waals surface area contributed by atoms with E-state index in [1.165, 1.54) is 6.26 Å². The molecule has 0 radical (unpaired) electrons. The molecule has 0 aromatic heterocycles. The number of allylic oxidation sites excluding steroid dienone is 1. The minimum atomic E-state index is -3.24. The van der Waals surface area contributed by atoms with Crippen molar-refractivity contribution in [1.82, 2.24) is 5.32 Å². The van der Waals surface area contributed by atoms with Crippen molar-refractivity contribution in [3.63, 3.8) is 0 Å². The van der Waals surface area contributed by atoms with Crippen LogP contribution < -0.4 is 5.32 Å². The van der Waals surface area contributed by atoms with Gasteiger partial charge in [-0.05, 0) is 33.6 Å². The Morgan fingerprint density at radius 1 is 1.21 bits per heavy atom. The van der Waals surface area contributed by atoms with Crippen molar-refractivity contribution in [3.05, 3.63) is 11.1 Å². The molecule has 0 aromatic rings. The number of hydrogen-bond donors (Lipinski definition) is 1. The predicted molar refractivity (Wildman–Crippen MR) is 74.7 cm³/mol. The van der Waals surface area contributed by atoms with Crippen LogP contribution in [0.15, 0.2) is 11.1 Å². The van der Waals surface area contributed by atoms with Crippen molar-refractivity contribution in [2.45, 2.75) is 38.4 Å². The highest BCUT2D eigenvalue weighted by atomic mass is 32.2. The summed E-state index contributed by atoms with van der Waals surface area (Å²) in [5.74, 6) is -0.200. The van der Waals surface area contributed by atoms with Gasteiger partial charge in [-0.25, -0.2) is 8.42 Å². The average molecular weight is 289 g/mol. The van der Waals surface area contributed by atoms with Crippen LogP contribution in [-0.4, -0.2) is 45.1 Å². The van der Waals surface area contributed by atoms with Gasteiger partial charge in [-0.15, -0.1) is 0 Å². The van der Waals surface area contributed by atoms with Gasteiger partial charge in [0.15, 0.2) is 9.84 Å². The van der Waals surface area contributed by atoms with E-state index in [9.17, 15) is 13.2 Å². The van der Waals surface area contributed by atoms with Gasteiger partial charge in [0.1, 0.15) is 0 Å². The maximum atomic E-state index is 12.0. The molecule has 0 saturated carbocycles. The van der Waals surface area contributed by atoms with Crippen molar-refractivity contribution in [2.24, 2.45) is 0 Å². The first-order chi connectivity index (χ1) is 8.69. The van der Waals surface area contributed by atoms with Crippen LogP contribution in [0.3, 0.4) is 0 Å². The Morgan fingerprint density at radius 2 is 1.74 bits per heavy atom. The standard InChI is InChI=1S/C13H23NO4S/c1-10(2)11(3)12(15)14-9-13(19(4,16)17)5-7-18-8-6-13/h5-9H2,1-4H3,(H,14,15). The molecule has 1 heterocycles. The Bertz CT molecular complexity index is 469. The highest BCUT2D eigenvalue weighted by molar-refractivity contribution is 7.92. The van der Waals surface area contributed by atoms with Crippen molar-refractivity contribution in [3.8, 4) is 0 Å². The van der Waals surface area contributed by atoms with Gasteiger partial charge in [0.25, 0.3) is 0 Å². The van der Waals surface area contributed by atoms with E-state index >= 15 is 0 Å². The Kier molecular flexibility index (Phi) is 5.15. The second kappa shape index (κ2) is 6.05. The lowest BCUT2D eigenvalue weighted by Gasteiger charge is -2.35. The maximum absolute atomic E-state index is 12.0. The third-order valence-corrected chi connectivity index (χ3v) is 5.98. The van der Waals surface area contributed by atoms with Crippen LogP contribution in [0.25, 0.3) is 0 Å². The maximum Gasteiger partial charge on any atom is 0.246 e. The Balaban J connectivity index is 2.82. The van der Waals surface area contributed by atoms with Crippen molar-refractivity contribution in [2.75, 3.05) is 26.0 Å². The average Bonchev–Trinajstić information content (AvgIpc) is 2.34. The zero-order chi connectivity index (χ0) is 14.7. The number of nitrogens with one attached hydrogen (secondary N) is 1. The van der Waals surface area contributed by atoms with Crippen LogP contribution in [0.4, 0.5) is 0 Å². The van der Waals surface area contributed by atoms with Gasteiger partial charge < -0.3 is 10.1 Å². The van der Waals surface area contributed by atoms with Crippen LogP contribution in [0.1, 0.15) is 33.6 Å². The molecule has 0 aliphatic carbocycles. The normalized spacial score (nSPS) is 18.7. The van der Waals surface area contributed by atoms with E-state index in [4.69, 9.17) is 4.74 Å². The third kappa shape index (κ3) is 3.79. The van der Waals surface area contributed by atoms with E-state index in [-0.39, 0.29) is 12.5 Å². The molecule has 19 heavy (non-hydrogen) atoms. The van der Waals surface area contributed by atoms with Gasteiger partial charge in [0.05, 0.1) is 4.75 Å². The first-order valence-electron chi connectivity index (χ1n) is 6.39. The Labute approximate surface area is 115 Å². The molecule has 0 unspecified atom stereocenters. The summed E-state index contributed by atoms with van der Waals surface area (Å²) in [5.41, 5.74) is 1.56. The van der Waals surface area contributed by atoms with E-state index in [2.05, 4.69) is 5.32 Å². The number of amides is 1. The van der Waals surface area contributed by atoms with Gasteiger partial charge in [0.2, 0.25) is 5.91 Å². The smallest absolute Gasteiger partial charge is 0.246 e. The lowest BCUT2D eigenvalue weighted by atomic mass is 9.98. The minimum absolute atomic E-state index is 0.151. The van der Waals surface area contributed by atoms with Crippen molar-refractivity contribution in [1.29, 1.82) is 0 Å². The van der Waals surface area contributed by atoms with E-state index in [0.29, 0.717) is 31.6 Å². The molecule has 1 aliphatic rings. The summed E-state index contributed by atoms with van der Waals surface area (Å²) in [6, 6.07) is 0. The molecular formula is C13H23NO4S. The van der Waals surface area contributed by atoms with Gasteiger partial charge in [0, 0.05) is 31.6 Å². The molecule has 1 amide bonds.